The number of rotatable bonds is 5. The summed E-state index contributed by atoms with van der Waals surface area (Å²) in [5, 5.41) is -0.448. The van der Waals surface area contributed by atoms with Crippen LogP contribution in [-0.4, -0.2) is 46.2 Å². The van der Waals surface area contributed by atoms with E-state index in [1.807, 2.05) is 6.07 Å². The molecular formula is C24H32N2O4S. The highest BCUT2D eigenvalue weighted by atomic mass is 32.2. The van der Waals surface area contributed by atoms with E-state index < -0.39 is 23.2 Å². The molecule has 0 radical (unpaired) electrons. The fourth-order valence-corrected chi connectivity index (χ4v) is 5.78. The van der Waals surface area contributed by atoms with Crippen molar-refractivity contribution in [3.63, 3.8) is 0 Å². The van der Waals surface area contributed by atoms with E-state index in [1.54, 1.807) is 13.0 Å². The van der Waals surface area contributed by atoms with Gasteiger partial charge in [-0.3, -0.25) is 14.5 Å². The summed E-state index contributed by atoms with van der Waals surface area (Å²) in [6, 6.07) is 5.65. The minimum Gasteiger partial charge on any atom is -0.464 e. The van der Waals surface area contributed by atoms with Gasteiger partial charge in [-0.25, -0.2) is 4.79 Å². The number of nitrogens with zero attached hydrogens (tertiary/aromatic N) is 2. The lowest BCUT2D eigenvalue weighted by molar-refractivity contribution is -0.150. The number of benzene rings is 1. The number of thioether (sulfide) groups is 1. The Morgan fingerprint density at radius 2 is 1.97 bits per heavy atom. The van der Waals surface area contributed by atoms with Gasteiger partial charge in [0.2, 0.25) is 0 Å². The largest absolute Gasteiger partial charge is 0.464 e. The number of fused-ring (bicyclic) bond motifs is 1. The first-order valence-corrected chi connectivity index (χ1v) is 11.7. The van der Waals surface area contributed by atoms with Gasteiger partial charge in [0.25, 0.3) is 11.1 Å². The first-order chi connectivity index (χ1) is 14.5. The summed E-state index contributed by atoms with van der Waals surface area (Å²) in [6.45, 7) is 14.6. The summed E-state index contributed by atoms with van der Waals surface area (Å²) in [7, 11) is 0. The Morgan fingerprint density at radius 1 is 1.29 bits per heavy atom. The number of amides is 2. The fraction of sp³-hybridized carbons (Fsp3) is 0.542. The number of imide groups is 1. The molecule has 6 nitrogen and oxygen atoms in total. The summed E-state index contributed by atoms with van der Waals surface area (Å²) < 4.78 is 4.97. The Labute approximate surface area is 189 Å². The Kier molecular flexibility index (Phi) is 6.56. The van der Waals surface area contributed by atoms with Crippen LogP contribution in [0.5, 0.6) is 0 Å². The zero-order valence-electron chi connectivity index (χ0n) is 19.4. The Morgan fingerprint density at radius 3 is 2.58 bits per heavy atom. The number of anilines is 1. The molecule has 2 unspecified atom stereocenters. The van der Waals surface area contributed by atoms with Crippen molar-refractivity contribution in [1.29, 1.82) is 0 Å². The molecule has 0 spiro atoms. The molecule has 3 rings (SSSR count). The number of esters is 1. The lowest BCUT2D eigenvalue weighted by atomic mass is 9.79. The standard InChI is InChI=1S/C24H32N2O4S/c1-8-30-22(28)16(5)25-21(27)20(31-23(25)29)12-17-9-10-19-18(11-17)15(4)13-24(6,7)26(19)14(2)3/h9-12,14-16H,8,13H2,1-7H3/b20-12+. The molecule has 1 aromatic carbocycles. The highest BCUT2D eigenvalue weighted by Gasteiger charge is 2.42. The van der Waals surface area contributed by atoms with E-state index in [1.165, 1.54) is 18.2 Å². The van der Waals surface area contributed by atoms with Gasteiger partial charge in [0.15, 0.2) is 0 Å². The molecule has 2 aliphatic rings. The molecule has 168 valence electrons. The van der Waals surface area contributed by atoms with E-state index >= 15 is 0 Å². The second kappa shape index (κ2) is 8.69. The zero-order valence-corrected chi connectivity index (χ0v) is 20.2. The molecule has 0 saturated carbocycles. The maximum Gasteiger partial charge on any atom is 0.329 e. The molecule has 2 atom stereocenters. The van der Waals surface area contributed by atoms with Gasteiger partial charge in [-0.1, -0.05) is 13.0 Å². The van der Waals surface area contributed by atoms with Crippen LogP contribution in [0.25, 0.3) is 6.08 Å². The number of hydrogen-bond donors (Lipinski definition) is 0. The molecule has 1 saturated heterocycles. The topological polar surface area (TPSA) is 66.9 Å². The summed E-state index contributed by atoms with van der Waals surface area (Å²) in [5.41, 5.74) is 3.41. The summed E-state index contributed by atoms with van der Waals surface area (Å²) in [6.07, 6.45) is 2.78. The van der Waals surface area contributed by atoms with Gasteiger partial charge in [-0.2, -0.15) is 0 Å². The minimum atomic E-state index is -0.941. The van der Waals surface area contributed by atoms with Crippen LogP contribution in [0, 0.1) is 0 Å². The van der Waals surface area contributed by atoms with Gasteiger partial charge in [0, 0.05) is 17.3 Å². The van der Waals surface area contributed by atoms with Crippen molar-refractivity contribution >= 4 is 40.6 Å². The molecule has 0 aliphatic carbocycles. The van der Waals surface area contributed by atoms with Crippen LogP contribution >= 0.6 is 11.8 Å². The SMILES string of the molecule is CCOC(=O)C(C)N1C(=O)S/C(=C/c2ccc3c(c2)C(C)CC(C)(C)N3C(C)C)C1=O. The summed E-state index contributed by atoms with van der Waals surface area (Å²) in [4.78, 5) is 41.1. The first-order valence-electron chi connectivity index (χ1n) is 10.8. The molecule has 1 aromatic rings. The average Bonchev–Trinajstić information content (AvgIpc) is 2.94. The van der Waals surface area contributed by atoms with Crippen LogP contribution in [0.4, 0.5) is 10.5 Å². The Balaban J connectivity index is 1.92. The smallest absolute Gasteiger partial charge is 0.329 e. The van der Waals surface area contributed by atoms with E-state index in [4.69, 9.17) is 4.74 Å². The molecule has 0 bridgehead atoms. The normalized spacial score (nSPS) is 22.8. The predicted octanol–water partition coefficient (Wildman–Crippen LogP) is 5.18. The third-order valence-corrected chi connectivity index (χ3v) is 6.84. The highest BCUT2D eigenvalue weighted by molar-refractivity contribution is 8.18. The van der Waals surface area contributed by atoms with Crippen LogP contribution < -0.4 is 4.90 Å². The van der Waals surface area contributed by atoms with Gasteiger partial charge < -0.3 is 9.64 Å². The third-order valence-electron chi connectivity index (χ3n) is 5.95. The molecular weight excluding hydrogens is 412 g/mol. The second-order valence-corrected chi connectivity index (χ2v) is 10.2. The molecule has 0 aromatic heterocycles. The first kappa shape index (κ1) is 23.4. The van der Waals surface area contributed by atoms with Gasteiger partial charge in [0.05, 0.1) is 11.5 Å². The Hall–Kier alpha value is -2.28. The highest BCUT2D eigenvalue weighted by Crippen LogP contribution is 2.45. The number of carbonyl (C=O) groups excluding carboxylic acids is 3. The minimum absolute atomic E-state index is 0.0635. The molecule has 2 amide bonds. The van der Waals surface area contributed by atoms with Gasteiger partial charge >= 0.3 is 5.97 Å². The molecule has 31 heavy (non-hydrogen) atoms. The maximum absolute atomic E-state index is 12.9. The predicted molar refractivity (Wildman–Crippen MR) is 125 cm³/mol. The van der Waals surface area contributed by atoms with E-state index in [-0.39, 0.29) is 12.1 Å². The maximum atomic E-state index is 12.9. The summed E-state index contributed by atoms with van der Waals surface area (Å²) >= 11 is 0.864. The Bertz CT molecular complexity index is 938. The fourth-order valence-electron chi connectivity index (χ4n) is 4.87. The number of ether oxygens (including phenoxy) is 1. The third kappa shape index (κ3) is 4.38. The molecule has 7 heteroatoms. The summed E-state index contributed by atoms with van der Waals surface area (Å²) in [5.74, 6) is -0.649. The van der Waals surface area contributed by atoms with E-state index in [0.29, 0.717) is 16.9 Å². The quantitative estimate of drug-likeness (QED) is 0.461. The molecule has 2 heterocycles. The van der Waals surface area contributed by atoms with Crippen LogP contribution in [0.15, 0.2) is 23.1 Å². The van der Waals surface area contributed by atoms with E-state index in [0.717, 1.165) is 28.6 Å². The average molecular weight is 445 g/mol. The van der Waals surface area contributed by atoms with E-state index in [2.05, 4.69) is 51.7 Å². The van der Waals surface area contributed by atoms with Gasteiger partial charge in [-0.05, 0) is 95.0 Å². The number of hydrogen-bond acceptors (Lipinski definition) is 6. The van der Waals surface area contributed by atoms with Crippen molar-refractivity contribution in [2.45, 2.75) is 78.4 Å². The molecule has 0 N–H and O–H groups in total. The van der Waals surface area contributed by atoms with Gasteiger partial charge in [-0.15, -0.1) is 0 Å². The van der Waals surface area contributed by atoms with Crippen molar-refractivity contribution in [2.24, 2.45) is 0 Å². The van der Waals surface area contributed by atoms with E-state index in [9.17, 15) is 14.4 Å². The van der Waals surface area contributed by atoms with Crippen molar-refractivity contribution < 1.29 is 19.1 Å². The van der Waals surface area contributed by atoms with Crippen molar-refractivity contribution in [3.8, 4) is 0 Å². The lowest BCUT2D eigenvalue weighted by Crippen LogP contribution is -2.51. The molecule has 2 aliphatic heterocycles. The molecule has 1 fully saturated rings. The van der Waals surface area contributed by atoms with Crippen molar-refractivity contribution in [3.05, 3.63) is 34.2 Å². The lowest BCUT2D eigenvalue weighted by Gasteiger charge is -2.50. The van der Waals surface area contributed by atoms with Crippen LogP contribution in [-0.2, 0) is 14.3 Å². The van der Waals surface area contributed by atoms with Crippen molar-refractivity contribution in [2.75, 3.05) is 11.5 Å². The monoisotopic (exact) mass is 444 g/mol. The van der Waals surface area contributed by atoms with Crippen LogP contribution in [0.1, 0.15) is 71.9 Å². The van der Waals surface area contributed by atoms with Crippen LogP contribution in [0.3, 0.4) is 0 Å². The van der Waals surface area contributed by atoms with Crippen molar-refractivity contribution in [1.82, 2.24) is 4.90 Å². The zero-order chi connectivity index (χ0) is 23.1. The van der Waals surface area contributed by atoms with Gasteiger partial charge in [0.1, 0.15) is 6.04 Å². The van der Waals surface area contributed by atoms with Crippen LogP contribution in [0.2, 0.25) is 0 Å². The second-order valence-electron chi connectivity index (χ2n) is 9.18. The number of carbonyl (C=O) groups is 3.